The van der Waals surface area contributed by atoms with E-state index in [0.29, 0.717) is 0 Å². The maximum Gasteiger partial charge on any atom is 0.160 e. The summed E-state index contributed by atoms with van der Waals surface area (Å²) in [6.07, 6.45) is 5.69. The standard InChI is InChI=1S/C17H23N3S/c1-3-15-14(7-9-18-13-5-6-13)16(4-2)20-17(19-15)12-8-10-21-11-12/h8,10-11,13,18H,3-7,9H2,1-2H3. The van der Waals surface area contributed by atoms with E-state index in [0.717, 1.165) is 43.2 Å². The lowest BCUT2D eigenvalue weighted by Gasteiger charge is -2.14. The molecule has 1 aliphatic carbocycles. The Hall–Kier alpha value is -1.26. The molecule has 1 saturated carbocycles. The minimum atomic E-state index is 0.770. The van der Waals surface area contributed by atoms with Crippen LogP contribution in [0, 0.1) is 0 Å². The Balaban J connectivity index is 1.86. The number of aromatic nitrogens is 2. The van der Waals surface area contributed by atoms with E-state index >= 15 is 0 Å². The Morgan fingerprint density at radius 1 is 1.19 bits per heavy atom. The Morgan fingerprint density at radius 2 is 1.90 bits per heavy atom. The molecule has 0 radical (unpaired) electrons. The highest BCUT2D eigenvalue weighted by Crippen LogP contribution is 2.23. The molecule has 3 rings (SSSR count). The SMILES string of the molecule is CCc1nc(-c2ccsc2)nc(CC)c1CCNC1CC1. The van der Waals surface area contributed by atoms with Crippen molar-refractivity contribution in [3.8, 4) is 11.4 Å². The summed E-state index contributed by atoms with van der Waals surface area (Å²) >= 11 is 1.70. The summed E-state index contributed by atoms with van der Waals surface area (Å²) in [5.74, 6) is 0.892. The Bertz CT molecular complexity index is 563. The van der Waals surface area contributed by atoms with Crippen LogP contribution >= 0.6 is 11.3 Å². The summed E-state index contributed by atoms with van der Waals surface area (Å²) in [7, 11) is 0. The molecule has 1 N–H and O–H groups in total. The third kappa shape index (κ3) is 3.50. The molecule has 4 heteroatoms. The van der Waals surface area contributed by atoms with Crippen LogP contribution in [0.1, 0.15) is 43.6 Å². The molecule has 0 unspecified atom stereocenters. The second-order valence-electron chi connectivity index (χ2n) is 5.62. The predicted octanol–water partition coefficient (Wildman–Crippen LogP) is 3.62. The lowest BCUT2D eigenvalue weighted by atomic mass is 10.0. The van der Waals surface area contributed by atoms with Crippen LogP contribution in [0.2, 0.25) is 0 Å². The molecule has 0 bridgehead atoms. The van der Waals surface area contributed by atoms with Crippen LogP contribution in [0.3, 0.4) is 0 Å². The molecule has 0 amide bonds. The topological polar surface area (TPSA) is 37.8 Å². The van der Waals surface area contributed by atoms with Crippen LogP contribution in [-0.4, -0.2) is 22.6 Å². The van der Waals surface area contributed by atoms with Crippen LogP contribution in [0.4, 0.5) is 0 Å². The van der Waals surface area contributed by atoms with Crippen LogP contribution < -0.4 is 5.32 Å². The molecule has 1 fully saturated rings. The summed E-state index contributed by atoms with van der Waals surface area (Å²) in [5, 5.41) is 7.81. The zero-order chi connectivity index (χ0) is 14.7. The van der Waals surface area contributed by atoms with Crippen molar-refractivity contribution in [1.82, 2.24) is 15.3 Å². The fourth-order valence-electron chi connectivity index (χ4n) is 2.67. The van der Waals surface area contributed by atoms with Crippen LogP contribution in [0.25, 0.3) is 11.4 Å². The minimum Gasteiger partial charge on any atom is -0.314 e. The second-order valence-corrected chi connectivity index (χ2v) is 6.40. The van der Waals surface area contributed by atoms with Crippen molar-refractivity contribution in [2.75, 3.05) is 6.54 Å². The summed E-state index contributed by atoms with van der Waals surface area (Å²) < 4.78 is 0. The van der Waals surface area contributed by atoms with Crippen molar-refractivity contribution in [3.63, 3.8) is 0 Å². The first kappa shape index (κ1) is 14.7. The number of nitrogens with one attached hydrogen (secondary N) is 1. The van der Waals surface area contributed by atoms with E-state index in [4.69, 9.17) is 9.97 Å². The fourth-order valence-corrected chi connectivity index (χ4v) is 3.30. The molecule has 21 heavy (non-hydrogen) atoms. The monoisotopic (exact) mass is 301 g/mol. The lowest BCUT2D eigenvalue weighted by Crippen LogP contribution is -2.21. The van der Waals surface area contributed by atoms with Gasteiger partial charge in [-0.15, -0.1) is 0 Å². The molecule has 1 aliphatic rings. The van der Waals surface area contributed by atoms with E-state index in [1.807, 2.05) is 0 Å². The number of hydrogen-bond donors (Lipinski definition) is 1. The van der Waals surface area contributed by atoms with Crippen LogP contribution in [-0.2, 0) is 19.3 Å². The van der Waals surface area contributed by atoms with Crippen molar-refractivity contribution in [2.24, 2.45) is 0 Å². The summed E-state index contributed by atoms with van der Waals surface area (Å²) in [5.41, 5.74) is 4.96. The molecule has 2 aromatic heterocycles. The number of aryl methyl sites for hydroxylation is 2. The van der Waals surface area contributed by atoms with Crippen LogP contribution in [0.5, 0.6) is 0 Å². The first-order valence-electron chi connectivity index (χ1n) is 7.96. The van der Waals surface area contributed by atoms with E-state index in [9.17, 15) is 0 Å². The molecule has 3 nitrogen and oxygen atoms in total. The number of thiophene rings is 1. The molecule has 0 saturated heterocycles. The molecule has 0 aliphatic heterocycles. The molecule has 112 valence electrons. The maximum absolute atomic E-state index is 4.82. The summed E-state index contributed by atoms with van der Waals surface area (Å²) in [6, 6.07) is 2.87. The van der Waals surface area contributed by atoms with Gasteiger partial charge >= 0.3 is 0 Å². The van der Waals surface area contributed by atoms with Crippen molar-refractivity contribution in [3.05, 3.63) is 33.8 Å². The average Bonchev–Trinajstić information content (AvgIpc) is 3.17. The van der Waals surface area contributed by atoms with Gasteiger partial charge in [0.25, 0.3) is 0 Å². The molecule has 0 aromatic carbocycles. The summed E-state index contributed by atoms with van der Waals surface area (Å²) in [4.78, 5) is 9.65. The van der Waals surface area contributed by atoms with Gasteiger partial charge in [0.2, 0.25) is 0 Å². The molecular formula is C17H23N3S. The highest BCUT2D eigenvalue weighted by molar-refractivity contribution is 7.08. The lowest BCUT2D eigenvalue weighted by molar-refractivity contribution is 0.671. The van der Waals surface area contributed by atoms with E-state index < -0.39 is 0 Å². The fraction of sp³-hybridized carbons (Fsp3) is 0.529. The highest BCUT2D eigenvalue weighted by atomic mass is 32.1. The Labute approximate surface area is 130 Å². The smallest absolute Gasteiger partial charge is 0.160 e. The first-order valence-corrected chi connectivity index (χ1v) is 8.90. The van der Waals surface area contributed by atoms with E-state index in [-0.39, 0.29) is 0 Å². The van der Waals surface area contributed by atoms with Gasteiger partial charge in [-0.25, -0.2) is 9.97 Å². The van der Waals surface area contributed by atoms with E-state index in [1.165, 1.54) is 29.8 Å². The highest BCUT2D eigenvalue weighted by Gasteiger charge is 2.20. The second kappa shape index (κ2) is 6.67. The molecule has 0 spiro atoms. The van der Waals surface area contributed by atoms with Crippen molar-refractivity contribution in [1.29, 1.82) is 0 Å². The predicted molar refractivity (Wildman–Crippen MR) is 88.8 cm³/mol. The maximum atomic E-state index is 4.82. The van der Waals surface area contributed by atoms with E-state index in [1.54, 1.807) is 11.3 Å². The normalized spacial score (nSPS) is 14.6. The van der Waals surface area contributed by atoms with Gasteiger partial charge in [0, 0.05) is 28.4 Å². The molecule has 0 atom stereocenters. The van der Waals surface area contributed by atoms with Gasteiger partial charge in [0.05, 0.1) is 0 Å². The zero-order valence-electron chi connectivity index (χ0n) is 12.9. The van der Waals surface area contributed by atoms with Gasteiger partial charge < -0.3 is 5.32 Å². The average molecular weight is 301 g/mol. The summed E-state index contributed by atoms with van der Waals surface area (Å²) in [6.45, 7) is 5.43. The van der Waals surface area contributed by atoms with Gasteiger partial charge in [-0.3, -0.25) is 0 Å². The van der Waals surface area contributed by atoms with Gasteiger partial charge in [0.15, 0.2) is 5.82 Å². The molecule has 2 aromatic rings. The first-order chi connectivity index (χ1) is 10.3. The van der Waals surface area contributed by atoms with Crippen molar-refractivity contribution >= 4 is 11.3 Å². The molecule has 2 heterocycles. The number of rotatable bonds is 7. The quantitative estimate of drug-likeness (QED) is 0.848. The largest absolute Gasteiger partial charge is 0.314 e. The van der Waals surface area contributed by atoms with Gasteiger partial charge in [-0.2, -0.15) is 11.3 Å². The van der Waals surface area contributed by atoms with Crippen molar-refractivity contribution < 1.29 is 0 Å². The van der Waals surface area contributed by atoms with Crippen LogP contribution in [0.15, 0.2) is 16.8 Å². The van der Waals surface area contributed by atoms with Gasteiger partial charge in [-0.05, 0) is 55.7 Å². The van der Waals surface area contributed by atoms with E-state index in [2.05, 4.69) is 36.0 Å². The Morgan fingerprint density at radius 3 is 2.43 bits per heavy atom. The molecular weight excluding hydrogens is 278 g/mol. The Kier molecular flexibility index (Phi) is 4.66. The third-order valence-corrected chi connectivity index (χ3v) is 4.70. The van der Waals surface area contributed by atoms with Gasteiger partial charge in [0.1, 0.15) is 0 Å². The van der Waals surface area contributed by atoms with Gasteiger partial charge in [-0.1, -0.05) is 13.8 Å². The van der Waals surface area contributed by atoms with Crippen molar-refractivity contribution in [2.45, 2.75) is 52.0 Å². The third-order valence-electron chi connectivity index (χ3n) is 4.01. The minimum absolute atomic E-state index is 0.770. The zero-order valence-corrected chi connectivity index (χ0v) is 13.7. The number of hydrogen-bond acceptors (Lipinski definition) is 4. The number of nitrogens with zero attached hydrogens (tertiary/aromatic N) is 2.